The third kappa shape index (κ3) is 2.72. The number of amides is 1. The fourth-order valence-corrected chi connectivity index (χ4v) is 2.96. The quantitative estimate of drug-likeness (QED) is 0.938. The van der Waals surface area contributed by atoms with E-state index in [2.05, 4.69) is 21.6 Å². The number of rotatable bonds is 4. The molecule has 1 N–H and O–H groups in total. The topological polar surface area (TPSA) is 88.5 Å². The molecule has 0 saturated heterocycles. The number of nitriles is 1. The van der Waals surface area contributed by atoms with Gasteiger partial charge in [-0.1, -0.05) is 6.92 Å². The number of carbonyl (C=O) groups is 1. The summed E-state index contributed by atoms with van der Waals surface area (Å²) in [7, 11) is 0. The van der Waals surface area contributed by atoms with Crippen molar-refractivity contribution in [2.24, 2.45) is 0 Å². The van der Waals surface area contributed by atoms with Crippen LogP contribution in [0.2, 0.25) is 0 Å². The highest BCUT2D eigenvalue weighted by Gasteiger charge is 2.22. The monoisotopic (exact) mass is 312 g/mol. The standard InChI is InChI=1S/C16H20N6O/c1-3-6-14(23)19-16-12(9-17)10-18-22(16)15-11(2)13-7-4-5-8-21(13)20-15/h10H,3-8H2,1-2H3,(H,19,23). The first-order chi connectivity index (χ1) is 11.2. The number of nitrogens with zero attached hydrogens (tertiary/aromatic N) is 5. The Morgan fingerprint density at radius 1 is 1.48 bits per heavy atom. The zero-order valence-electron chi connectivity index (χ0n) is 13.5. The normalized spacial score (nSPS) is 13.4. The number of hydrogen-bond acceptors (Lipinski definition) is 4. The van der Waals surface area contributed by atoms with Crippen LogP contribution in [0.25, 0.3) is 5.82 Å². The van der Waals surface area contributed by atoms with E-state index in [1.165, 1.54) is 11.9 Å². The van der Waals surface area contributed by atoms with Crippen LogP contribution in [0, 0.1) is 18.3 Å². The second-order valence-electron chi connectivity index (χ2n) is 5.80. The van der Waals surface area contributed by atoms with Crippen molar-refractivity contribution in [3.8, 4) is 11.9 Å². The van der Waals surface area contributed by atoms with Gasteiger partial charge in [0.2, 0.25) is 5.91 Å². The molecule has 1 aliphatic heterocycles. The Labute approximate surface area is 134 Å². The molecule has 0 saturated carbocycles. The molecule has 0 unspecified atom stereocenters. The molecule has 1 aliphatic rings. The highest BCUT2D eigenvalue weighted by Crippen LogP contribution is 2.26. The smallest absolute Gasteiger partial charge is 0.225 e. The lowest BCUT2D eigenvalue weighted by Crippen LogP contribution is -2.16. The maximum Gasteiger partial charge on any atom is 0.225 e. The summed E-state index contributed by atoms with van der Waals surface area (Å²) in [5.74, 6) is 0.979. The molecular weight excluding hydrogens is 292 g/mol. The third-order valence-electron chi connectivity index (χ3n) is 4.15. The Bertz CT molecular complexity index is 779. The van der Waals surface area contributed by atoms with Gasteiger partial charge >= 0.3 is 0 Å². The number of aromatic nitrogens is 4. The van der Waals surface area contributed by atoms with Gasteiger partial charge in [0.25, 0.3) is 0 Å². The van der Waals surface area contributed by atoms with Crippen molar-refractivity contribution in [3.05, 3.63) is 23.0 Å². The average Bonchev–Trinajstić information content (AvgIpc) is 3.09. The Morgan fingerprint density at radius 3 is 3.00 bits per heavy atom. The van der Waals surface area contributed by atoms with Gasteiger partial charge in [-0.05, 0) is 32.6 Å². The zero-order valence-corrected chi connectivity index (χ0v) is 13.5. The highest BCUT2D eigenvalue weighted by atomic mass is 16.1. The van der Waals surface area contributed by atoms with Crippen molar-refractivity contribution in [3.63, 3.8) is 0 Å². The SMILES string of the molecule is CCCC(=O)Nc1c(C#N)cnn1-c1nn2c(c1C)CCCC2. The van der Waals surface area contributed by atoms with Crippen molar-refractivity contribution >= 4 is 11.7 Å². The van der Waals surface area contributed by atoms with Crippen LogP contribution in [0.3, 0.4) is 0 Å². The molecule has 23 heavy (non-hydrogen) atoms. The summed E-state index contributed by atoms with van der Waals surface area (Å²) in [4.78, 5) is 12.0. The number of carbonyl (C=O) groups excluding carboxylic acids is 1. The molecule has 2 aromatic heterocycles. The largest absolute Gasteiger partial charge is 0.309 e. The maximum atomic E-state index is 12.0. The molecule has 3 heterocycles. The first-order valence-corrected chi connectivity index (χ1v) is 8.00. The first kappa shape index (κ1) is 15.3. The van der Waals surface area contributed by atoms with Crippen LogP contribution in [-0.4, -0.2) is 25.5 Å². The summed E-state index contributed by atoms with van der Waals surface area (Å²) in [6, 6.07) is 2.08. The van der Waals surface area contributed by atoms with Crippen LogP contribution in [-0.2, 0) is 17.8 Å². The van der Waals surface area contributed by atoms with Crippen molar-refractivity contribution in [1.82, 2.24) is 19.6 Å². The van der Waals surface area contributed by atoms with E-state index in [4.69, 9.17) is 0 Å². The van der Waals surface area contributed by atoms with Gasteiger partial charge in [0.05, 0.1) is 6.20 Å². The summed E-state index contributed by atoms with van der Waals surface area (Å²) in [5.41, 5.74) is 2.62. The molecule has 2 aromatic rings. The molecule has 1 amide bonds. The molecule has 0 aromatic carbocycles. The van der Waals surface area contributed by atoms with E-state index in [-0.39, 0.29) is 5.91 Å². The van der Waals surface area contributed by atoms with Crippen LogP contribution in [0.15, 0.2) is 6.20 Å². The molecule has 0 aliphatic carbocycles. The Kier molecular flexibility index (Phi) is 4.15. The predicted octanol–water partition coefficient (Wildman–Crippen LogP) is 2.32. The van der Waals surface area contributed by atoms with E-state index in [1.807, 2.05) is 18.5 Å². The first-order valence-electron chi connectivity index (χ1n) is 8.00. The van der Waals surface area contributed by atoms with Gasteiger partial charge in [0.15, 0.2) is 11.6 Å². The van der Waals surface area contributed by atoms with E-state index in [1.54, 1.807) is 4.68 Å². The maximum absolute atomic E-state index is 12.0. The number of hydrogen-bond donors (Lipinski definition) is 1. The van der Waals surface area contributed by atoms with Crippen LogP contribution in [0.1, 0.15) is 49.4 Å². The second kappa shape index (κ2) is 6.24. The lowest BCUT2D eigenvalue weighted by atomic mass is 10.1. The van der Waals surface area contributed by atoms with E-state index < -0.39 is 0 Å². The van der Waals surface area contributed by atoms with Gasteiger partial charge in [-0.2, -0.15) is 20.1 Å². The Morgan fingerprint density at radius 2 is 2.30 bits per heavy atom. The predicted molar refractivity (Wildman–Crippen MR) is 85.3 cm³/mol. The van der Waals surface area contributed by atoms with Crippen LogP contribution < -0.4 is 5.32 Å². The van der Waals surface area contributed by atoms with Crippen LogP contribution in [0.5, 0.6) is 0 Å². The third-order valence-corrected chi connectivity index (χ3v) is 4.15. The van der Waals surface area contributed by atoms with Crippen LogP contribution >= 0.6 is 0 Å². The Hall–Kier alpha value is -2.62. The molecular formula is C16H20N6O. The Balaban J connectivity index is 2.04. The van der Waals surface area contributed by atoms with Crippen molar-refractivity contribution in [1.29, 1.82) is 5.26 Å². The van der Waals surface area contributed by atoms with Gasteiger partial charge in [-0.25, -0.2) is 0 Å². The van der Waals surface area contributed by atoms with Gasteiger partial charge in [0, 0.05) is 24.2 Å². The van der Waals surface area contributed by atoms with E-state index in [9.17, 15) is 10.1 Å². The molecule has 0 fully saturated rings. The number of aryl methyl sites for hydroxylation is 1. The molecule has 7 nitrogen and oxygen atoms in total. The minimum Gasteiger partial charge on any atom is -0.309 e. The number of anilines is 1. The van der Waals surface area contributed by atoms with E-state index >= 15 is 0 Å². The van der Waals surface area contributed by atoms with Gasteiger partial charge in [-0.3, -0.25) is 9.48 Å². The summed E-state index contributed by atoms with van der Waals surface area (Å²) in [6.45, 7) is 4.86. The summed E-state index contributed by atoms with van der Waals surface area (Å²) < 4.78 is 3.59. The minimum atomic E-state index is -0.118. The van der Waals surface area contributed by atoms with Crippen molar-refractivity contribution in [2.45, 2.75) is 52.5 Å². The molecule has 0 bridgehead atoms. The second-order valence-corrected chi connectivity index (χ2v) is 5.80. The molecule has 0 radical (unpaired) electrons. The summed E-state index contributed by atoms with van der Waals surface area (Å²) in [6.07, 6.45) is 5.92. The average molecular weight is 312 g/mol. The van der Waals surface area contributed by atoms with E-state index in [0.717, 1.165) is 37.8 Å². The summed E-state index contributed by atoms with van der Waals surface area (Å²) >= 11 is 0. The molecule has 120 valence electrons. The molecule has 7 heteroatoms. The lowest BCUT2D eigenvalue weighted by molar-refractivity contribution is -0.116. The van der Waals surface area contributed by atoms with Gasteiger partial charge in [-0.15, -0.1) is 0 Å². The highest BCUT2D eigenvalue weighted by molar-refractivity contribution is 5.91. The van der Waals surface area contributed by atoms with E-state index in [0.29, 0.717) is 23.6 Å². The molecule has 0 spiro atoms. The fourth-order valence-electron chi connectivity index (χ4n) is 2.96. The zero-order chi connectivity index (χ0) is 16.4. The lowest BCUT2D eigenvalue weighted by Gasteiger charge is -2.12. The molecule has 3 rings (SSSR count). The number of fused-ring (bicyclic) bond motifs is 1. The fraction of sp³-hybridized carbons (Fsp3) is 0.500. The van der Waals surface area contributed by atoms with Crippen LogP contribution in [0.4, 0.5) is 5.82 Å². The molecule has 0 atom stereocenters. The number of nitrogens with one attached hydrogen (secondary N) is 1. The summed E-state index contributed by atoms with van der Waals surface area (Å²) in [5, 5.41) is 21.0. The van der Waals surface area contributed by atoms with Gasteiger partial charge in [0.1, 0.15) is 11.6 Å². The minimum absolute atomic E-state index is 0.118. The van der Waals surface area contributed by atoms with Crippen molar-refractivity contribution < 1.29 is 4.79 Å². The van der Waals surface area contributed by atoms with Crippen molar-refractivity contribution in [2.75, 3.05) is 5.32 Å². The van der Waals surface area contributed by atoms with Gasteiger partial charge < -0.3 is 5.32 Å².